The molecule has 1 saturated heterocycles. The van der Waals surface area contributed by atoms with Gasteiger partial charge in [0, 0.05) is 0 Å². The Morgan fingerprint density at radius 1 is 0.818 bits per heavy atom. The van der Waals surface area contributed by atoms with Gasteiger partial charge in [0.2, 0.25) is 0 Å². The summed E-state index contributed by atoms with van der Waals surface area (Å²) in [7, 11) is 0. The van der Waals surface area contributed by atoms with E-state index in [1.807, 2.05) is 0 Å². The first-order chi connectivity index (χ1) is 10.7. The molecule has 3 nitrogen and oxygen atoms in total. The average Bonchev–Trinajstić information content (AvgIpc) is 3.12. The Kier molecular flexibility index (Phi) is 4.89. The summed E-state index contributed by atoms with van der Waals surface area (Å²) < 4.78 is 4.98. The van der Waals surface area contributed by atoms with Gasteiger partial charge in [0.1, 0.15) is 0 Å². The Morgan fingerprint density at radius 3 is 1.68 bits per heavy atom. The molecule has 2 bridgehead atoms. The molecule has 0 amide bonds. The van der Waals surface area contributed by atoms with Gasteiger partial charge in [-0.1, -0.05) is 52.4 Å². The monoisotopic (exact) mass is 306 g/mol. The molecule has 0 radical (unpaired) electrons. The van der Waals surface area contributed by atoms with Crippen molar-refractivity contribution in [2.45, 2.75) is 71.6 Å². The van der Waals surface area contributed by atoms with Crippen molar-refractivity contribution in [2.24, 2.45) is 35.5 Å². The molecular formula is C19H30O3. The SMILES string of the molecule is CCCCCC1C(CCCCC)C2CC1C1C(=O)OC(=O)C21. The van der Waals surface area contributed by atoms with Gasteiger partial charge in [-0.15, -0.1) is 0 Å². The predicted molar refractivity (Wildman–Crippen MR) is 84.9 cm³/mol. The van der Waals surface area contributed by atoms with Crippen LogP contribution in [0.5, 0.6) is 0 Å². The fraction of sp³-hybridized carbons (Fsp3) is 0.895. The van der Waals surface area contributed by atoms with Crippen LogP contribution in [0.4, 0.5) is 0 Å². The first-order valence-corrected chi connectivity index (χ1v) is 9.44. The van der Waals surface area contributed by atoms with E-state index < -0.39 is 0 Å². The summed E-state index contributed by atoms with van der Waals surface area (Å²) in [5.74, 6) is 1.57. The number of unbranched alkanes of at least 4 members (excludes halogenated alkanes) is 4. The Morgan fingerprint density at radius 2 is 1.27 bits per heavy atom. The van der Waals surface area contributed by atoms with Crippen LogP contribution in [0.25, 0.3) is 0 Å². The predicted octanol–water partition coefficient (Wildman–Crippen LogP) is 4.34. The zero-order valence-electron chi connectivity index (χ0n) is 14.1. The zero-order chi connectivity index (χ0) is 15.7. The number of esters is 2. The number of carbonyl (C=O) groups is 2. The summed E-state index contributed by atoms with van der Waals surface area (Å²) >= 11 is 0. The summed E-state index contributed by atoms with van der Waals surface area (Å²) in [5, 5.41) is 0. The van der Waals surface area contributed by atoms with Gasteiger partial charge >= 0.3 is 11.9 Å². The number of hydrogen-bond donors (Lipinski definition) is 0. The highest BCUT2D eigenvalue weighted by molar-refractivity contribution is 5.97. The molecule has 124 valence electrons. The van der Waals surface area contributed by atoms with Crippen LogP contribution in [-0.4, -0.2) is 11.9 Å². The van der Waals surface area contributed by atoms with E-state index in [1.54, 1.807) is 0 Å². The van der Waals surface area contributed by atoms with Crippen LogP contribution >= 0.6 is 0 Å². The fourth-order valence-corrected chi connectivity index (χ4v) is 5.65. The van der Waals surface area contributed by atoms with Gasteiger partial charge in [0.15, 0.2) is 0 Å². The summed E-state index contributed by atoms with van der Waals surface area (Å²) in [6.07, 6.45) is 11.2. The van der Waals surface area contributed by atoms with Crippen LogP contribution in [0.2, 0.25) is 0 Å². The van der Waals surface area contributed by atoms with Crippen molar-refractivity contribution in [3.63, 3.8) is 0 Å². The lowest BCUT2D eigenvalue weighted by Crippen LogP contribution is -2.36. The lowest BCUT2D eigenvalue weighted by atomic mass is 9.66. The van der Waals surface area contributed by atoms with Crippen molar-refractivity contribution in [1.82, 2.24) is 0 Å². The second-order valence-corrected chi connectivity index (χ2v) is 7.67. The van der Waals surface area contributed by atoms with Crippen LogP contribution in [-0.2, 0) is 14.3 Å². The highest BCUT2D eigenvalue weighted by Crippen LogP contribution is 2.63. The van der Waals surface area contributed by atoms with E-state index in [2.05, 4.69) is 13.8 Å². The molecule has 1 heterocycles. The third-order valence-corrected chi connectivity index (χ3v) is 6.53. The van der Waals surface area contributed by atoms with Gasteiger partial charge in [-0.2, -0.15) is 0 Å². The Labute approximate surface area is 134 Å². The third-order valence-electron chi connectivity index (χ3n) is 6.53. The van der Waals surface area contributed by atoms with Gasteiger partial charge in [0.25, 0.3) is 0 Å². The molecule has 3 heteroatoms. The molecule has 0 aromatic heterocycles. The van der Waals surface area contributed by atoms with Crippen molar-refractivity contribution in [1.29, 1.82) is 0 Å². The molecule has 6 atom stereocenters. The van der Waals surface area contributed by atoms with Crippen LogP contribution in [0.3, 0.4) is 0 Å². The molecule has 2 saturated carbocycles. The summed E-state index contributed by atoms with van der Waals surface area (Å²) in [4.78, 5) is 24.1. The second kappa shape index (κ2) is 6.72. The maximum atomic E-state index is 12.1. The normalized spacial score (nSPS) is 39.4. The Hall–Kier alpha value is -0.860. The zero-order valence-corrected chi connectivity index (χ0v) is 14.1. The maximum absolute atomic E-state index is 12.1. The van der Waals surface area contributed by atoms with E-state index in [0.717, 1.165) is 6.42 Å². The number of hydrogen-bond acceptors (Lipinski definition) is 3. The largest absolute Gasteiger partial charge is 0.393 e. The van der Waals surface area contributed by atoms with E-state index >= 15 is 0 Å². The molecular weight excluding hydrogens is 276 g/mol. The van der Waals surface area contributed by atoms with Crippen molar-refractivity contribution in [2.75, 3.05) is 0 Å². The number of fused-ring (bicyclic) bond motifs is 5. The number of carbonyl (C=O) groups excluding carboxylic acids is 2. The lowest BCUT2D eigenvalue weighted by molar-refractivity contribution is -0.154. The molecule has 3 rings (SSSR count). The van der Waals surface area contributed by atoms with Crippen LogP contribution in [0.1, 0.15) is 71.6 Å². The molecule has 3 aliphatic rings. The van der Waals surface area contributed by atoms with Gasteiger partial charge in [-0.3, -0.25) is 9.59 Å². The van der Waals surface area contributed by atoms with E-state index in [0.29, 0.717) is 23.7 Å². The van der Waals surface area contributed by atoms with Gasteiger partial charge in [0.05, 0.1) is 11.8 Å². The van der Waals surface area contributed by atoms with E-state index in [9.17, 15) is 9.59 Å². The van der Waals surface area contributed by atoms with Crippen LogP contribution < -0.4 is 0 Å². The van der Waals surface area contributed by atoms with E-state index in [1.165, 1.54) is 51.4 Å². The smallest absolute Gasteiger partial charge is 0.317 e. The van der Waals surface area contributed by atoms with E-state index in [4.69, 9.17) is 4.74 Å². The minimum Gasteiger partial charge on any atom is -0.393 e. The lowest BCUT2D eigenvalue weighted by Gasteiger charge is -2.35. The molecule has 3 fully saturated rings. The molecule has 0 aromatic carbocycles. The first kappa shape index (κ1) is 16.0. The summed E-state index contributed by atoms with van der Waals surface area (Å²) in [5.41, 5.74) is 0. The Balaban J connectivity index is 1.72. The molecule has 6 unspecified atom stereocenters. The van der Waals surface area contributed by atoms with E-state index in [-0.39, 0.29) is 23.8 Å². The molecule has 22 heavy (non-hydrogen) atoms. The second-order valence-electron chi connectivity index (χ2n) is 7.67. The highest BCUT2D eigenvalue weighted by atomic mass is 16.6. The van der Waals surface area contributed by atoms with Crippen LogP contribution in [0.15, 0.2) is 0 Å². The number of ether oxygens (including phenoxy) is 1. The van der Waals surface area contributed by atoms with Gasteiger partial charge in [-0.05, 0) is 42.9 Å². The highest BCUT2D eigenvalue weighted by Gasteiger charge is 2.65. The fourth-order valence-electron chi connectivity index (χ4n) is 5.65. The minimum atomic E-state index is -0.213. The van der Waals surface area contributed by atoms with Crippen molar-refractivity contribution >= 4 is 11.9 Å². The maximum Gasteiger partial charge on any atom is 0.317 e. The minimum absolute atomic E-state index is 0.0912. The average molecular weight is 306 g/mol. The first-order valence-electron chi connectivity index (χ1n) is 9.44. The summed E-state index contributed by atoms with van der Waals surface area (Å²) in [6, 6.07) is 0. The number of cyclic esters (lactones) is 2. The molecule has 0 spiro atoms. The van der Waals surface area contributed by atoms with Crippen molar-refractivity contribution in [3.8, 4) is 0 Å². The summed E-state index contributed by atoms with van der Waals surface area (Å²) in [6.45, 7) is 4.48. The molecule has 1 aliphatic heterocycles. The Bertz CT molecular complexity index is 392. The molecule has 0 N–H and O–H groups in total. The van der Waals surface area contributed by atoms with Gasteiger partial charge in [-0.25, -0.2) is 0 Å². The quantitative estimate of drug-likeness (QED) is 0.380. The topological polar surface area (TPSA) is 43.4 Å². The van der Waals surface area contributed by atoms with Crippen molar-refractivity contribution < 1.29 is 14.3 Å². The third kappa shape index (κ3) is 2.61. The molecule has 0 aromatic rings. The van der Waals surface area contributed by atoms with Gasteiger partial charge < -0.3 is 4.74 Å². The van der Waals surface area contributed by atoms with Crippen molar-refractivity contribution in [3.05, 3.63) is 0 Å². The van der Waals surface area contributed by atoms with Crippen LogP contribution in [0, 0.1) is 35.5 Å². The standard InChI is InChI=1S/C19H30O3/c1-3-5-7-9-12-13(10-8-6-4-2)15-11-14(12)16-17(15)19(21)22-18(16)20/h12-17H,3-11H2,1-2H3. The number of rotatable bonds is 8. The molecule has 2 aliphatic carbocycles.